The van der Waals surface area contributed by atoms with E-state index >= 15 is 0 Å². The van der Waals surface area contributed by atoms with Crippen LogP contribution in [-0.2, 0) is 22.5 Å². The molecule has 2 N–H and O–H groups in total. The van der Waals surface area contributed by atoms with Crippen molar-refractivity contribution in [1.82, 2.24) is 5.32 Å². The highest BCUT2D eigenvalue weighted by Crippen LogP contribution is 2.31. The van der Waals surface area contributed by atoms with Gasteiger partial charge in [0, 0.05) is 18.0 Å². The highest BCUT2D eigenvalue weighted by atomic mass is 32.1. The monoisotopic (exact) mass is 281 g/mol. The van der Waals surface area contributed by atoms with Crippen molar-refractivity contribution in [3.05, 3.63) is 21.4 Å². The van der Waals surface area contributed by atoms with Crippen molar-refractivity contribution in [2.45, 2.75) is 25.4 Å². The van der Waals surface area contributed by atoms with Crippen LogP contribution >= 0.6 is 11.3 Å². The Morgan fingerprint density at radius 1 is 1.56 bits per heavy atom. The van der Waals surface area contributed by atoms with Crippen molar-refractivity contribution in [2.24, 2.45) is 0 Å². The van der Waals surface area contributed by atoms with Gasteiger partial charge in [-0.1, -0.05) is 0 Å². The van der Waals surface area contributed by atoms with E-state index in [0.717, 1.165) is 34.7 Å². The lowest BCUT2D eigenvalue weighted by Crippen LogP contribution is -2.26. The van der Waals surface area contributed by atoms with Crippen LogP contribution in [0.3, 0.4) is 0 Å². The van der Waals surface area contributed by atoms with Crippen LogP contribution in [0.25, 0.3) is 0 Å². The molecule has 0 spiro atoms. The molecule has 8 heteroatoms. The number of rotatable bonds is 2. The number of hydrogen-bond acceptors (Lipinski definition) is 5. The average Bonchev–Trinajstić information content (AvgIpc) is 2.71. The van der Waals surface area contributed by atoms with Crippen LogP contribution in [0.15, 0.2) is 6.07 Å². The van der Waals surface area contributed by atoms with E-state index in [0.29, 0.717) is 6.54 Å². The molecule has 0 saturated carbocycles. The minimum absolute atomic E-state index is 0.210. The standard InChI is InChI=1S/C10H10F3NO3S/c11-10(12,13)9(16)17-8(15)7-3-5-4-14-2-1-6(5)18-7/h3,8,14-15H,1-2,4H2. The molecule has 2 heterocycles. The Hall–Kier alpha value is -1.12. The highest BCUT2D eigenvalue weighted by Gasteiger charge is 2.42. The Labute approximate surface area is 104 Å². The maximum atomic E-state index is 12.0. The normalized spacial score (nSPS) is 17.1. The molecule has 0 amide bonds. The molecule has 1 aliphatic heterocycles. The third-order valence-corrected chi connectivity index (χ3v) is 3.72. The molecule has 4 nitrogen and oxygen atoms in total. The molecule has 18 heavy (non-hydrogen) atoms. The average molecular weight is 281 g/mol. The van der Waals surface area contributed by atoms with E-state index in [1.165, 1.54) is 0 Å². The summed E-state index contributed by atoms with van der Waals surface area (Å²) in [5.41, 5.74) is 0.920. The van der Waals surface area contributed by atoms with Gasteiger partial charge in [-0.05, 0) is 18.1 Å². The van der Waals surface area contributed by atoms with Gasteiger partial charge in [0.2, 0.25) is 6.29 Å². The fraction of sp³-hybridized carbons (Fsp3) is 0.500. The van der Waals surface area contributed by atoms with Gasteiger partial charge >= 0.3 is 12.1 Å². The number of nitrogens with one attached hydrogen (secondary N) is 1. The zero-order valence-electron chi connectivity index (χ0n) is 9.08. The van der Waals surface area contributed by atoms with E-state index in [9.17, 15) is 23.1 Å². The van der Waals surface area contributed by atoms with E-state index in [-0.39, 0.29) is 4.88 Å². The number of carbonyl (C=O) groups is 1. The Morgan fingerprint density at radius 3 is 2.89 bits per heavy atom. The molecular weight excluding hydrogens is 271 g/mol. The third-order valence-electron chi connectivity index (χ3n) is 2.45. The fourth-order valence-corrected chi connectivity index (χ4v) is 2.72. The van der Waals surface area contributed by atoms with Gasteiger partial charge in [0.1, 0.15) is 0 Å². The Bertz CT molecular complexity index is 434. The molecule has 1 unspecified atom stereocenters. The topological polar surface area (TPSA) is 58.6 Å². The second-order valence-corrected chi connectivity index (χ2v) is 4.95. The van der Waals surface area contributed by atoms with Crippen LogP contribution in [0.1, 0.15) is 21.6 Å². The summed E-state index contributed by atoms with van der Waals surface area (Å²) < 4.78 is 39.8. The lowest BCUT2D eigenvalue weighted by atomic mass is 10.1. The number of aliphatic hydroxyl groups is 1. The largest absolute Gasteiger partial charge is 0.491 e. The molecule has 1 aliphatic rings. The summed E-state index contributed by atoms with van der Waals surface area (Å²) in [7, 11) is 0. The molecule has 2 rings (SSSR count). The zero-order chi connectivity index (χ0) is 13.3. The van der Waals surface area contributed by atoms with Gasteiger partial charge in [0.15, 0.2) is 0 Å². The van der Waals surface area contributed by atoms with Crippen LogP contribution in [0.2, 0.25) is 0 Å². The zero-order valence-corrected chi connectivity index (χ0v) is 9.90. The lowest BCUT2D eigenvalue weighted by molar-refractivity contribution is -0.220. The molecule has 1 aromatic heterocycles. The van der Waals surface area contributed by atoms with Crippen molar-refractivity contribution in [3.63, 3.8) is 0 Å². The number of thiophene rings is 1. The number of halogens is 3. The number of carbonyl (C=O) groups excluding carboxylic acids is 1. The maximum Gasteiger partial charge on any atom is 0.491 e. The molecule has 0 aliphatic carbocycles. The summed E-state index contributed by atoms with van der Waals surface area (Å²) in [6.07, 6.45) is -6.21. The summed E-state index contributed by atoms with van der Waals surface area (Å²) in [5.74, 6) is -2.39. The molecule has 1 aromatic rings. The number of alkyl halides is 3. The second kappa shape index (κ2) is 4.87. The fourth-order valence-electron chi connectivity index (χ4n) is 1.62. The summed E-state index contributed by atoms with van der Waals surface area (Å²) in [6, 6.07) is 1.56. The van der Waals surface area contributed by atoms with Crippen LogP contribution < -0.4 is 5.32 Å². The van der Waals surface area contributed by atoms with E-state index in [1.807, 2.05) is 0 Å². The van der Waals surface area contributed by atoms with Gasteiger partial charge < -0.3 is 15.2 Å². The first-order chi connectivity index (χ1) is 8.38. The van der Waals surface area contributed by atoms with Crippen molar-refractivity contribution in [3.8, 4) is 0 Å². The highest BCUT2D eigenvalue weighted by molar-refractivity contribution is 7.12. The van der Waals surface area contributed by atoms with Gasteiger partial charge in [-0.25, -0.2) is 4.79 Å². The summed E-state index contributed by atoms with van der Waals surface area (Å²) in [5, 5.41) is 12.5. The molecular formula is C10H10F3NO3S. The Morgan fingerprint density at radius 2 is 2.28 bits per heavy atom. The van der Waals surface area contributed by atoms with E-state index in [1.54, 1.807) is 6.07 Å². The van der Waals surface area contributed by atoms with Gasteiger partial charge in [0.05, 0.1) is 4.88 Å². The van der Waals surface area contributed by atoms with Crippen LogP contribution in [0.5, 0.6) is 0 Å². The molecule has 0 aromatic carbocycles. The predicted molar refractivity (Wildman–Crippen MR) is 56.8 cm³/mol. The van der Waals surface area contributed by atoms with E-state index in [2.05, 4.69) is 10.1 Å². The maximum absolute atomic E-state index is 12.0. The second-order valence-electron chi connectivity index (χ2n) is 3.78. The smallest absolute Gasteiger partial charge is 0.424 e. The van der Waals surface area contributed by atoms with Crippen LogP contribution in [0.4, 0.5) is 13.2 Å². The summed E-state index contributed by atoms with van der Waals surface area (Å²) in [4.78, 5) is 11.8. The van der Waals surface area contributed by atoms with Crippen molar-refractivity contribution in [2.75, 3.05) is 6.54 Å². The number of fused-ring (bicyclic) bond motifs is 1. The van der Waals surface area contributed by atoms with Gasteiger partial charge in [-0.2, -0.15) is 13.2 Å². The molecule has 100 valence electrons. The summed E-state index contributed by atoms with van der Waals surface area (Å²) >= 11 is 1.16. The lowest BCUT2D eigenvalue weighted by Gasteiger charge is -2.11. The quantitative estimate of drug-likeness (QED) is 0.637. The first-order valence-corrected chi connectivity index (χ1v) is 5.97. The number of ether oxygens (including phenoxy) is 1. The minimum Gasteiger partial charge on any atom is -0.424 e. The van der Waals surface area contributed by atoms with E-state index < -0.39 is 18.4 Å². The third kappa shape index (κ3) is 2.82. The Kier molecular flexibility index (Phi) is 3.60. The summed E-state index contributed by atoms with van der Waals surface area (Å²) in [6.45, 7) is 1.39. The molecule has 1 atom stereocenters. The van der Waals surface area contributed by atoms with Gasteiger partial charge in [-0.3, -0.25) is 0 Å². The molecule has 0 bridgehead atoms. The molecule has 0 radical (unpaired) electrons. The minimum atomic E-state index is -5.10. The Balaban J connectivity index is 2.07. The van der Waals surface area contributed by atoms with Crippen LogP contribution in [0, 0.1) is 0 Å². The van der Waals surface area contributed by atoms with Gasteiger partial charge in [0.25, 0.3) is 0 Å². The van der Waals surface area contributed by atoms with Crippen molar-refractivity contribution >= 4 is 17.3 Å². The van der Waals surface area contributed by atoms with E-state index in [4.69, 9.17) is 0 Å². The van der Waals surface area contributed by atoms with Crippen LogP contribution in [-0.4, -0.2) is 23.8 Å². The number of hydrogen-bond donors (Lipinski definition) is 2. The molecule has 0 fully saturated rings. The number of esters is 1. The predicted octanol–water partition coefficient (Wildman–Crippen LogP) is 1.49. The first-order valence-electron chi connectivity index (χ1n) is 5.16. The van der Waals surface area contributed by atoms with Crippen molar-refractivity contribution in [1.29, 1.82) is 0 Å². The molecule has 0 saturated heterocycles. The number of aliphatic hydroxyl groups excluding tert-OH is 1. The van der Waals surface area contributed by atoms with Gasteiger partial charge in [-0.15, -0.1) is 11.3 Å². The van der Waals surface area contributed by atoms with Crippen molar-refractivity contribution < 1.29 is 27.8 Å². The SMILES string of the molecule is O=C(OC(O)c1cc2c(s1)CCNC2)C(F)(F)F. The first kappa shape index (κ1) is 13.3.